The van der Waals surface area contributed by atoms with Crippen LogP contribution in [0.25, 0.3) is 0 Å². The number of aromatic nitrogens is 2. The number of hydrogen-bond acceptors (Lipinski definition) is 4. The number of benzene rings is 1. The molecule has 1 heterocycles. The molecular formula is C12H10ClN3O2. The Labute approximate surface area is 109 Å². The van der Waals surface area contributed by atoms with Crippen molar-refractivity contribution in [3.8, 4) is 0 Å². The van der Waals surface area contributed by atoms with Gasteiger partial charge in [-0.3, -0.25) is 4.98 Å². The van der Waals surface area contributed by atoms with E-state index in [1.54, 1.807) is 30.3 Å². The fourth-order valence-corrected chi connectivity index (χ4v) is 1.60. The van der Waals surface area contributed by atoms with Crippen LogP contribution in [-0.2, 0) is 0 Å². The van der Waals surface area contributed by atoms with Gasteiger partial charge in [0.1, 0.15) is 5.15 Å². The summed E-state index contributed by atoms with van der Waals surface area (Å²) in [5.41, 5.74) is 1.04. The van der Waals surface area contributed by atoms with Crippen molar-refractivity contribution < 1.29 is 9.90 Å². The lowest BCUT2D eigenvalue weighted by Crippen LogP contribution is -2.11. The predicted molar refractivity (Wildman–Crippen MR) is 68.5 cm³/mol. The van der Waals surface area contributed by atoms with Crippen molar-refractivity contribution in [2.24, 2.45) is 0 Å². The smallest absolute Gasteiger partial charge is 0.335 e. The maximum Gasteiger partial charge on any atom is 0.335 e. The van der Waals surface area contributed by atoms with E-state index >= 15 is 0 Å². The van der Waals surface area contributed by atoms with Crippen LogP contribution in [0.2, 0.25) is 5.15 Å². The highest BCUT2D eigenvalue weighted by atomic mass is 35.5. The molecule has 0 aliphatic carbocycles. The Kier molecular flexibility index (Phi) is 3.43. The number of aromatic carboxylic acids is 1. The molecular weight excluding hydrogens is 254 g/mol. The van der Waals surface area contributed by atoms with E-state index in [0.717, 1.165) is 5.69 Å². The van der Waals surface area contributed by atoms with Crippen molar-refractivity contribution in [3.05, 3.63) is 47.4 Å². The molecule has 1 aromatic carbocycles. The summed E-state index contributed by atoms with van der Waals surface area (Å²) >= 11 is 5.77. The molecule has 0 saturated carbocycles. The van der Waals surface area contributed by atoms with Crippen LogP contribution in [-0.4, -0.2) is 28.1 Å². The normalized spacial score (nSPS) is 10.1. The van der Waals surface area contributed by atoms with Gasteiger partial charge < -0.3 is 10.0 Å². The van der Waals surface area contributed by atoms with Crippen LogP contribution in [0.4, 0.5) is 11.5 Å². The zero-order valence-corrected chi connectivity index (χ0v) is 10.3. The summed E-state index contributed by atoms with van der Waals surface area (Å²) in [7, 11) is 1.80. The highest BCUT2D eigenvalue weighted by Crippen LogP contribution is 2.22. The van der Waals surface area contributed by atoms with Crippen molar-refractivity contribution in [1.29, 1.82) is 0 Å². The van der Waals surface area contributed by atoms with Crippen LogP contribution in [0.3, 0.4) is 0 Å². The first-order chi connectivity index (χ1) is 8.58. The van der Waals surface area contributed by atoms with E-state index in [4.69, 9.17) is 16.7 Å². The first-order valence-electron chi connectivity index (χ1n) is 5.12. The van der Waals surface area contributed by atoms with E-state index in [1.807, 2.05) is 0 Å². The summed E-state index contributed by atoms with van der Waals surface area (Å²) in [4.78, 5) is 20.6. The second-order valence-electron chi connectivity index (χ2n) is 3.61. The van der Waals surface area contributed by atoms with E-state index in [0.29, 0.717) is 11.0 Å². The molecule has 1 aromatic heterocycles. The maximum absolute atomic E-state index is 10.7. The average Bonchev–Trinajstić information content (AvgIpc) is 2.38. The number of carboxylic acids is 1. The quantitative estimate of drug-likeness (QED) is 0.922. The van der Waals surface area contributed by atoms with Crippen LogP contribution >= 0.6 is 11.6 Å². The van der Waals surface area contributed by atoms with Crippen molar-refractivity contribution >= 4 is 29.1 Å². The van der Waals surface area contributed by atoms with Crippen molar-refractivity contribution in [2.45, 2.75) is 0 Å². The Morgan fingerprint density at radius 1 is 1.28 bits per heavy atom. The topological polar surface area (TPSA) is 66.3 Å². The first-order valence-corrected chi connectivity index (χ1v) is 5.50. The van der Waals surface area contributed by atoms with Gasteiger partial charge in [-0.25, -0.2) is 9.78 Å². The molecule has 92 valence electrons. The minimum absolute atomic E-state index is 0.240. The molecule has 0 saturated heterocycles. The summed E-state index contributed by atoms with van der Waals surface area (Å²) in [6, 6.07) is 6.47. The lowest BCUT2D eigenvalue weighted by atomic mass is 10.2. The summed E-state index contributed by atoms with van der Waals surface area (Å²) in [6.45, 7) is 0. The number of carboxylic acid groups (broad SMARTS) is 1. The molecule has 0 bridgehead atoms. The largest absolute Gasteiger partial charge is 0.478 e. The molecule has 0 aliphatic rings. The third kappa shape index (κ3) is 2.57. The fourth-order valence-electron chi connectivity index (χ4n) is 1.45. The molecule has 0 unspecified atom stereocenters. The third-order valence-electron chi connectivity index (χ3n) is 2.44. The van der Waals surface area contributed by atoms with E-state index < -0.39 is 5.97 Å². The highest BCUT2D eigenvalue weighted by molar-refractivity contribution is 6.29. The van der Waals surface area contributed by atoms with E-state index in [9.17, 15) is 4.79 Å². The lowest BCUT2D eigenvalue weighted by Gasteiger charge is -2.17. The number of hydrogen-bond donors (Lipinski definition) is 1. The van der Waals surface area contributed by atoms with Crippen LogP contribution in [0.15, 0.2) is 36.7 Å². The van der Waals surface area contributed by atoms with E-state index in [2.05, 4.69) is 9.97 Å². The molecule has 2 rings (SSSR count). The van der Waals surface area contributed by atoms with Gasteiger partial charge in [0.25, 0.3) is 0 Å². The Morgan fingerprint density at radius 3 is 2.50 bits per heavy atom. The summed E-state index contributed by atoms with van der Waals surface area (Å²) < 4.78 is 0. The molecule has 0 amide bonds. The average molecular weight is 264 g/mol. The van der Waals surface area contributed by atoms with Gasteiger partial charge in [-0.1, -0.05) is 11.6 Å². The molecule has 0 aliphatic heterocycles. The zero-order chi connectivity index (χ0) is 13.1. The van der Waals surface area contributed by atoms with Gasteiger partial charge in [0.05, 0.1) is 18.0 Å². The lowest BCUT2D eigenvalue weighted by molar-refractivity contribution is 0.0697. The fraction of sp³-hybridized carbons (Fsp3) is 0.0833. The molecule has 18 heavy (non-hydrogen) atoms. The molecule has 1 N–H and O–H groups in total. The zero-order valence-electron chi connectivity index (χ0n) is 9.54. The number of nitrogens with zero attached hydrogens (tertiary/aromatic N) is 3. The third-order valence-corrected chi connectivity index (χ3v) is 2.62. The molecule has 5 nitrogen and oxygen atoms in total. The van der Waals surface area contributed by atoms with Crippen LogP contribution in [0, 0.1) is 0 Å². The molecule has 6 heteroatoms. The van der Waals surface area contributed by atoms with Crippen molar-refractivity contribution in [1.82, 2.24) is 9.97 Å². The van der Waals surface area contributed by atoms with Crippen molar-refractivity contribution in [3.63, 3.8) is 0 Å². The standard InChI is InChI=1S/C12H10ClN3O2/c1-16(11-7-14-6-10(13)15-11)9-4-2-8(3-5-9)12(17)18/h2-7H,1H3,(H,17,18). The second kappa shape index (κ2) is 5.01. The van der Waals surface area contributed by atoms with Gasteiger partial charge in [-0.05, 0) is 24.3 Å². The van der Waals surface area contributed by atoms with E-state index in [-0.39, 0.29) is 5.56 Å². The van der Waals surface area contributed by atoms with Gasteiger partial charge in [0, 0.05) is 12.7 Å². The number of carbonyl (C=O) groups is 1. The molecule has 0 fully saturated rings. The van der Waals surface area contributed by atoms with Crippen LogP contribution in [0.5, 0.6) is 0 Å². The molecule has 2 aromatic rings. The Bertz CT molecular complexity index is 572. The number of anilines is 2. The SMILES string of the molecule is CN(c1ccc(C(=O)O)cc1)c1cncc(Cl)n1. The molecule has 0 radical (unpaired) electrons. The molecule has 0 atom stereocenters. The van der Waals surface area contributed by atoms with Gasteiger partial charge >= 0.3 is 5.97 Å². The summed E-state index contributed by atoms with van der Waals surface area (Å²) in [5, 5.41) is 9.12. The van der Waals surface area contributed by atoms with Gasteiger partial charge in [-0.2, -0.15) is 0 Å². The maximum atomic E-state index is 10.7. The predicted octanol–water partition coefficient (Wildman–Crippen LogP) is 2.60. The van der Waals surface area contributed by atoms with Crippen LogP contribution in [0.1, 0.15) is 10.4 Å². The minimum atomic E-state index is -0.952. The second-order valence-corrected chi connectivity index (χ2v) is 4.00. The monoisotopic (exact) mass is 263 g/mol. The summed E-state index contributed by atoms with van der Waals surface area (Å²) in [6.07, 6.45) is 3.03. The highest BCUT2D eigenvalue weighted by Gasteiger charge is 2.08. The van der Waals surface area contributed by atoms with Gasteiger partial charge in [-0.15, -0.1) is 0 Å². The Balaban J connectivity index is 2.28. The Morgan fingerprint density at radius 2 is 1.94 bits per heavy atom. The number of halogens is 1. The van der Waals surface area contributed by atoms with E-state index in [1.165, 1.54) is 18.3 Å². The Hall–Kier alpha value is -2.14. The molecule has 0 spiro atoms. The first kappa shape index (κ1) is 12.3. The van der Waals surface area contributed by atoms with Crippen molar-refractivity contribution in [2.75, 3.05) is 11.9 Å². The summed E-state index contributed by atoms with van der Waals surface area (Å²) in [5.74, 6) is -0.364. The minimum Gasteiger partial charge on any atom is -0.478 e. The van der Waals surface area contributed by atoms with Crippen LogP contribution < -0.4 is 4.90 Å². The number of rotatable bonds is 3. The van der Waals surface area contributed by atoms with Gasteiger partial charge in [0.2, 0.25) is 0 Å². The van der Waals surface area contributed by atoms with Gasteiger partial charge in [0.15, 0.2) is 5.82 Å².